The molecule has 1 rings (SSSR count). The molecule has 0 aliphatic carbocycles. The summed E-state index contributed by atoms with van der Waals surface area (Å²) >= 11 is 0. The van der Waals surface area contributed by atoms with Crippen LogP contribution in [0.1, 0.15) is 44.4 Å². The Bertz CT molecular complexity index is 334. The summed E-state index contributed by atoms with van der Waals surface area (Å²) in [6.07, 6.45) is 0.521. The van der Waals surface area contributed by atoms with Crippen molar-refractivity contribution in [1.29, 1.82) is 0 Å². The lowest BCUT2D eigenvalue weighted by Gasteiger charge is -2.21. The van der Waals surface area contributed by atoms with E-state index in [1.54, 1.807) is 0 Å². The second kappa shape index (κ2) is 5.90. The van der Waals surface area contributed by atoms with E-state index in [-0.39, 0.29) is 5.92 Å². The van der Waals surface area contributed by atoms with Crippen molar-refractivity contribution in [3.63, 3.8) is 0 Å². The molecule has 0 aromatic heterocycles. The van der Waals surface area contributed by atoms with Crippen molar-refractivity contribution < 1.29 is 9.84 Å². The maximum absolute atomic E-state index is 10.2. The van der Waals surface area contributed by atoms with Gasteiger partial charge in [-0.05, 0) is 31.9 Å². The number of aryl methyl sites for hydroxylation is 1. The van der Waals surface area contributed by atoms with Gasteiger partial charge in [0.2, 0.25) is 0 Å². The molecule has 2 heteroatoms. The predicted molar refractivity (Wildman–Crippen MR) is 66.8 cm³/mol. The average Bonchev–Trinajstić information content (AvgIpc) is 2.29. The summed E-state index contributed by atoms with van der Waals surface area (Å²) in [5.41, 5.74) is 2.07. The normalized spacial score (nSPS) is 14.6. The first kappa shape index (κ1) is 13.0. The summed E-state index contributed by atoms with van der Waals surface area (Å²) in [6, 6.07) is 5.97. The van der Waals surface area contributed by atoms with Crippen LogP contribution in [0.3, 0.4) is 0 Å². The fourth-order valence-electron chi connectivity index (χ4n) is 1.72. The second-order valence-electron chi connectivity index (χ2n) is 4.30. The maximum atomic E-state index is 10.2. The van der Waals surface area contributed by atoms with E-state index in [1.807, 2.05) is 32.0 Å². The van der Waals surface area contributed by atoms with Gasteiger partial charge in [0, 0.05) is 5.56 Å². The van der Waals surface area contributed by atoms with Crippen molar-refractivity contribution in [3.05, 3.63) is 29.3 Å². The Labute approximate surface area is 98.3 Å². The van der Waals surface area contributed by atoms with Crippen LogP contribution in [-0.2, 0) is 0 Å². The Morgan fingerprint density at radius 2 is 2.00 bits per heavy atom. The number of aliphatic hydroxyl groups excluding tert-OH is 1. The highest BCUT2D eigenvalue weighted by atomic mass is 16.5. The van der Waals surface area contributed by atoms with Crippen molar-refractivity contribution >= 4 is 0 Å². The number of ether oxygens (including phenoxy) is 1. The largest absolute Gasteiger partial charge is 0.493 e. The van der Waals surface area contributed by atoms with Crippen LogP contribution in [0.4, 0.5) is 0 Å². The van der Waals surface area contributed by atoms with Crippen LogP contribution in [0.25, 0.3) is 0 Å². The van der Waals surface area contributed by atoms with Crippen LogP contribution >= 0.6 is 0 Å². The third-order valence-electron chi connectivity index (χ3n) is 2.97. The molecule has 2 unspecified atom stereocenters. The van der Waals surface area contributed by atoms with Crippen LogP contribution in [0.15, 0.2) is 18.2 Å². The van der Waals surface area contributed by atoms with E-state index in [1.165, 1.54) is 0 Å². The molecule has 16 heavy (non-hydrogen) atoms. The minimum absolute atomic E-state index is 0.251. The highest BCUT2D eigenvalue weighted by Crippen LogP contribution is 2.32. The van der Waals surface area contributed by atoms with Crippen molar-refractivity contribution in [2.24, 2.45) is 5.92 Å². The first-order valence-electron chi connectivity index (χ1n) is 6.01. The maximum Gasteiger partial charge on any atom is 0.125 e. The Hall–Kier alpha value is -1.02. The van der Waals surface area contributed by atoms with E-state index >= 15 is 0 Å². The zero-order chi connectivity index (χ0) is 12.1. The Morgan fingerprint density at radius 1 is 1.31 bits per heavy atom. The van der Waals surface area contributed by atoms with Crippen LogP contribution in [0.5, 0.6) is 5.75 Å². The monoisotopic (exact) mass is 222 g/mol. The van der Waals surface area contributed by atoms with Gasteiger partial charge in [-0.15, -0.1) is 0 Å². The third kappa shape index (κ3) is 2.99. The Balaban J connectivity index is 3.03. The third-order valence-corrected chi connectivity index (χ3v) is 2.97. The summed E-state index contributed by atoms with van der Waals surface area (Å²) in [7, 11) is 0. The minimum atomic E-state index is -0.438. The molecule has 90 valence electrons. The lowest BCUT2D eigenvalue weighted by Crippen LogP contribution is -2.10. The van der Waals surface area contributed by atoms with E-state index in [0.717, 1.165) is 23.3 Å². The van der Waals surface area contributed by atoms with Crippen molar-refractivity contribution in [2.45, 2.75) is 40.2 Å². The standard InChI is InChI=1S/C14H22O2/c1-5-11(4)14(15)12-9-10(3)7-8-13(12)16-6-2/h7-9,11,14-15H,5-6H2,1-4H3. The molecule has 0 aliphatic rings. The van der Waals surface area contributed by atoms with Gasteiger partial charge in [0.25, 0.3) is 0 Å². The van der Waals surface area contributed by atoms with Gasteiger partial charge in [-0.3, -0.25) is 0 Å². The molecule has 0 saturated heterocycles. The number of aliphatic hydroxyl groups is 1. The molecule has 0 heterocycles. The fraction of sp³-hybridized carbons (Fsp3) is 0.571. The molecule has 0 fully saturated rings. The molecule has 2 nitrogen and oxygen atoms in total. The fourth-order valence-corrected chi connectivity index (χ4v) is 1.72. The zero-order valence-electron chi connectivity index (χ0n) is 10.7. The van der Waals surface area contributed by atoms with Crippen molar-refractivity contribution in [3.8, 4) is 5.75 Å². The molecule has 0 radical (unpaired) electrons. The summed E-state index contributed by atoms with van der Waals surface area (Å²) < 4.78 is 5.55. The molecule has 1 N–H and O–H groups in total. The first-order chi connectivity index (χ1) is 7.60. The molecular formula is C14H22O2. The molecule has 2 atom stereocenters. The second-order valence-corrected chi connectivity index (χ2v) is 4.30. The van der Waals surface area contributed by atoms with Crippen LogP contribution in [-0.4, -0.2) is 11.7 Å². The lowest BCUT2D eigenvalue weighted by molar-refractivity contribution is 0.111. The van der Waals surface area contributed by atoms with Crippen LogP contribution in [0, 0.1) is 12.8 Å². The van der Waals surface area contributed by atoms with E-state index in [4.69, 9.17) is 4.74 Å². The van der Waals surface area contributed by atoms with Crippen molar-refractivity contribution in [2.75, 3.05) is 6.61 Å². The predicted octanol–water partition coefficient (Wildman–Crippen LogP) is 3.47. The smallest absolute Gasteiger partial charge is 0.125 e. The SMILES string of the molecule is CCOc1ccc(C)cc1C(O)C(C)CC. The van der Waals surface area contributed by atoms with Crippen molar-refractivity contribution in [1.82, 2.24) is 0 Å². The summed E-state index contributed by atoms with van der Waals surface area (Å²) in [5, 5.41) is 10.2. The Morgan fingerprint density at radius 3 is 2.56 bits per heavy atom. The number of hydrogen-bond donors (Lipinski definition) is 1. The summed E-state index contributed by atoms with van der Waals surface area (Å²) in [5.74, 6) is 1.06. The summed E-state index contributed by atoms with van der Waals surface area (Å²) in [6.45, 7) is 8.76. The quantitative estimate of drug-likeness (QED) is 0.826. The zero-order valence-corrected chi connectivity index (χ0v) is 10.7. The molecular weight excluding hydrogens is 200 g/mol. The van der Waals surface area contributed by atoms with E-state index in [9.17, 15) is 5.11 Å². The van der Waals surface area contributed by atoms with E-state index in [2.05, 4.69) is 13.8 Å². The van der Waals surface area contributed by atoms with Gasteiger partial charge in [0.15, 0.2) is 0 Å². The minimum Gasteiger partial charge on any atom is -0.493 e. The number of benzene rings is 1. The van der Waals surface area contributed by atoms with E-state index in [0.29, 0.717) is 6.61 Å². The molecule has 0 amide bonds. The molecule has 0 aliphatic heterocycles. The average molecular weight is 222 g/mol. The Kier molecular flexibility index (Phi) is 4.81. The molecule has 0 bridgehead atoms. The molecule has 1 aromatic rings. The first-order valence-corrected chi connectivity index (χ1v) is 6.01. The molecule has 0 saturated carbocycles. The summed E-state index contributed by atoms with van der Waals surface area (Å²) in [4.78, 5) is 0. The highest BCUT2D eigenvalue weighted by Gasteiger charge is 2.18. The van der Waals surface area contributed by atoms with Gasteiger partial charge in [-0.1, -0.05) is 31.9 Å². The number of rotatable bonds is 5. The van der Waals surface area contributed by atoms with Gasteiger partial charge < -0.3 is 9.84 Å². The number of hydrogen-bond acceptors (Lipinski definition) is 2. The van der Waals surface area contributed by atoms with Crippen LogP contribution < -0.4 is 4.74 Å². The van der Waals surface area contributed by atoms with Gasteiger partial charge in [-0.2, -0.15) is 0 Å². The van der Waals surface area contributed by atoms with E-state index < -0.39 is 6.10 Å². The van der Waals surface area contributed by atoms with Gasteiger partial charge in [0.05, 0.1) is 12.7 Å². The molecule has 0 spiro atoms. The van der Waals surface area contributed by atoms with Crippen LogP contribution in [0.2, 0.25) is 0 Å². The molecule has 1 aromatic carbocycles. The van der Waals surface area contributed by atoms with Gasteiger partial charge in [-0.25, -0.2) is 0 Å². The van der Waals surface area contributed by atoms with Gasteiger partial charge in [0.1, 0.15) is 5.75 Å². The topological polar surface area (TPSA) is 29.5 Å². The van der Waals surface area contributed by atoms with Gasteiger partial charge >= 0.3 is 0 Å². The highest BCUT2D eigenvalue weighted by molar-refractivity contribution is 5.38. The lowest BCUT2D eigenvalue weighted by atomic mass is 9.93.